The summed E-state index contributed by atoms with van der Waals surface area (Å²) in [7, 11) is -8.19. The molecule has 32 heavy (non-hydrogen) atoms. The molecule has 0 amide bonds. The van der Waals surface area contributed by atoms with Crippen molar-refractivity contribution in [3.63, 3.8) is 0 Å². The third-order valence-corrected chi connectivity index (χ3v) is 4.23. The predicted octanol–water partition coefficient (Wildman–Crippen LogP) is 1.84. The van der Waals surface area contributed by atoms with Gasteiger partial charge in [0.25, 0.3) is 0 Å². The summed E-state index contributed by atoms with van der Waals surface area (Å²) in [5.74, 6) is -60.4. The van der Waals surface area contributed by atoms with Crippen LogP contribution in [-0.2, 0) is 10.1 Å². The van der Waals surface area contributed by atoms with E-state index in [1.54, 1.807) is 0 Å². The first-order valence-electron chi connectivity index (χ1n) is 6.20. The van der Waals surface area contributed by atoms with Crippen LogP contribution in [0.3, 0.4) is 0 Å². The van der Waals surface area contributed by atoms with Crippen molar-refractivity contribution in [2.75, 3.05) is 0 Å². The van der Waals surface area contributed by atoms with E-state index in [1.807, 2.05) is 0 Å². The van der Waals surface area contributed by atoms with Gasteiger partial charge in [-0.15, -0.1) is 0 Å². The molecule has 0 aliphatic rings. The van der Waals surface area contributed by atoms with E-state index >= 15 is 0 Å². The van der Waals surface area contributed by atoms with Crippen LogP contribution in [0.1, 0.15) is 0 Å². The van der Waals surface area contributed by atoms with Crippen molar-refractivity contribution in [3.8, 4) is 0 Å². The first-order chi connectivity index (χ1) is 12.9. The normalized spacial score (nSPS) is 16.2. The van der Waals surface area contributed by atoms with E-state index in [0.29, 0.717) is 0 Å². The molecule has 0 aliphatic carbocycles. The number of alkyl halides is 18. The molecule has 0 saturated carbocycles. The Morgan fingerprint density at radius 2 is 0.719 bits per heavy atom. The van der Waals surface area contributed by atoms with Crippen molar-refractivity contribution in [2.24, 2.45) is 0 Å². The zero-order valence-corrected chi connectivity index (χ0v) is 16.8. The summed E-state index contributed by atoms with van der Waals surface area (Å²) < 4.78 is 260. The van der Waals surface area contributed by atoms with E-state index < -0.39 is 63.3 Å². The van der Waals surface area contributed by atoms with Gasteiger partial charge in [0.2, 0.25) is 0 Å². The summed E-state index contributed by atoms with van der Waals surface area (Å²) in [6.45, 7) is 0. The summed E-state index contributed by atoms with van der Waals surface area (Å²) >= 11 is 0. The van der Waals surface area contributed by atoms with Gasteiger partial charge < -0.3 is 4.55 Å². The molecule has 0 aromatic heterocycles. The van der Waals surface area contributed by atoms with Crippen molar-refractivity contribution in [1.82, 2.24) is 0 Å². The smallest absolute Gasteiger partial charge is 0.743 e. The maximum absolute atomic E-state index is 13.2. The van der Waals surface area contributed by atoms with Gasteiger partial charge in [-0.05, 0) is 0 Å². The van der Waals surface area contributed by atoms with Crippen LogP contribution in [0.5, 0.6) is 0 Å². The van der Waals surface area contributed by atoms with E-state index in [1.165, 1.54) is 0 Å². The Bertz CT molecular complexity index is 790. The van der Waals surface area contributed by atoms with E-state index in [-0.39, 0.29) is 29.6 Å². The number of hydrogen-bond donors (Lipinski definition) is 0. The number of hydrogen-bond acceptors (Lipinski definition) is 3. The second-order valence-corrected chi connectivity index (χ2v) is 6.76. The van der Waals surface area contributed by atoms with Gasteiger partial charge >= 0.3 is 82.7 Å². The van der Waals surface area contributed by atoms with Gasteiger partial charge in [-0.1, -0.05) is 0 Å². The molecule has 0 fully saturated rings. The molecule has 0 N–H and O–H groups in total. The van der Waals surface area contributed by atoms with Gasteiger partial charge in [-0.3, -0.25) is 0 Å². The van der Waals surface area contributed by atoms with Crippen LogP contribution in [0.4, 0.5) is 79.0 Å². The fourth-order valence-electron chi connectivity index (χ4n) is 1.47. The zero-order valence-electron chi connectivity index (χ0n) is 14.0. The third kappa shape index (κ3) is 4.04. The molecule has 0 radical (unpaired) electrons. The largest absolute Gasteiger partial charge is 1.00 e. The standard InChI is InChI=1S/C9H2F18O3S.Na/c10-1(11)2(12,13)3(14,15)4(16,17)5(18,19)6(20,21)7(22,23)8(24,25)9(26,27)31(28,29)30;/h1H,(H,28,29,30);/q;+1/p-1. The van der Waals surface area contributed by atoms with Crippen molar-refractivity contribution < 1.29 is 122 Å². The van der Waals surface area contributed by atoms with Crippen molar-refractivity contribution >= 4 is 10.1 Å². The van der Waals surface area contributed by atoms with Gasteiger partial charge in [0.1, 0.15) is 0 Å². The molecular formula is C9HF18NaO3S. The Balaban J connectivity index is 0. The molecule has 0 rings (SSSR count). The Morgan fingerprint density at radius 3 is 0.938 bits per heavy atom. The molecule has 0 aliphatic heterocycles. The molecule has 23 heteroatoms. The van der Waals surface area contributed by atoms with E-state index in [4.69, 9.17) is 0 Å². The quantitative estimate of drug-likeness (QED) is 0.249. The van der Waals surface area contributed by atoms with Crippen LogP contribution < -0.4 is 29.6 Å². The molecule has 0 unspecified atom stereocenters. The molecule has 0 aromatic rings. The van der Waals surface area contributed by atoms with Crippen LogP contribution in [0.2, 0.25) is 0 Å². The second-order valence-electron chi connectivity index (χ2n) is 5.34. The topological polar surface area (TPSA) is 57.2 Å². The van der Waals surface area contributed by atoms with Gasteiger partial charge in [0.15, 0.2) is 10.1 Å². The van der Waals surface area contributed by atoms with Gasteiger partial charge in [0.05, 0.1) is 0 Å². The molecule has 0 atom stereocenters. The minimum absolute atomic E-state index is 0. The Kier molecular flexibility index (Phi) is 8.87. The first-order valence-corrected chi connectivity index (χ1v) is 7.61. The predicted molar refractivity (Wildman–Crippen MR) is 55.3 cm³/mol. The maximum Gasteiger partial charge on any atom is 1.00 e. The molecule has 0 aromatic carbocycles. The Labute approximate surface area is 185 Å². The first kappa shape index (κ1) is 33.8. The molecule has 0 heterocycles. The van der Waals surface area contributed by atoms with E-state index in [9.17, 15) is 92.0 Å². The second kappa shape index (κ2) is 8.40. The minimum atomic E-state index is -9.01. The van der Waals surface area contributed by atoms with Crippen LogP contribution in [-0.4, -0.2) is 66.1 Å². The summed E-state index contributed by atoms with van der Waals surface area (Å²) in [6, 6.07) is 0. The fraction of sp³-hybridized carbons (Fsp3) is 1.00. The molecular weight excluding hydrogens is 553 g/mol. The Morgan fingerprint density at radius 1 is 0.500 bits per heavy atom. The van der Waals surface area contributed by atoms with Crippen molar-refractivity contribution in [2.45, 2.75) is 53.1 Å². The molecule has 188 valence electrons. The molecule has 0 spiro atoms. The monoisotopic (exact) mass is 554 g/mol. The van der Waals surface area contributed by atoms with Crippen LogP contribution in [0, 0.1) is 0 Å². The van der Waals surface area contributed by atoms with Gasteiger partial charge in [0, 0.05) is 0 Å². The van der Waals surface area contributed by atoms with Crippen molar-refractivity contribution in [1.29, 1.82) is 0 Å². The average molecular weight is 554 g/mol. The summed E-state index contributed by atoms with van der Waals surface area (Å²) in [6.07, 6.45) is -6.09. The van der Waals surface area contributed by atoms with E-state index in [0.717, 1.165) is 0 Å². The van der Waals surface area contributed by atoms with Crippen molar-refractivity contribution in [3.05, 3.63) is 0 Å². The Hall–Kier alpha value is -0.350. The van der Waals surface area contributed by atoms with Gasteiger partial charge in [-0.25, -0.2) is 17.2 Å². The average Bonchev–Trinajstić information content (AvgIpc) is 2.52. The minimum Gasteiger partial charge on any atom is -0.743 e. The SMILES string of the molecule is O=S(=O)([O-])C(F)(F)C(F)(F)C(F)(F)C(F)(F)C(F)(F)C(F)(F)C(F)(F)C(F)(F)C(F)F.[Na+]. The molecule has 0 bridgehead atoms. The molecule has 3 nitrogen and oxygen atoms in total. The number of halogens is 18. The summed E-state index contributed by atoms with van der Waals surface area (Å²) in [5.41, 5.74) is 0. The third-order valence-electron chi connectivity index (χ3n) is 3.34. The van der Waals surface area contributed by atoms with Gasteiger partial charge in [-0.2, -0.15) is 70.2 Å². The van der Waals surface area contributed by atoms with Crippen LogP contribution >= 0.6 is 0 Å². The zero-order chi connectivity index (χ0) is 26.1. The maximum atomic E-state index is 13.2. The van der Waals surface area contributed by atoms with Crippen LogP contribution in [0.15, 0.2) is 0 Å². The summed E-state index contributed by atoms with van der Waals surface area (Å²) in [4.78, 5) is 0. The summed E-state index contributed by atoms with van der Waals surface area (Å²) in [5, 5.41) is -8.01. The fourth-order valence-corrected chi connectivity index (χ4v) is 1.92. The van der Waals surface area contributed by atoms with Crippen LogP contribution in [0.25, 0.3) is 0 Å². The number of rotatable bonds is 9. The molecule has 0 saturated heterocycles. The van der Waals surface area contributed by atoms with E-state index in [2.05, 4.69) is 0 Å².